The van der Waals surface area contributed by atoms with E-state index in [-0.39, 0.29) is 22.7 Å². The summed E-state index contributed by atoms with van der Waals surface area (Å²) in [6.45, 7) is 1.73. The molecule has 1 nitrogen and oxygen atoms in total. The topological polar surface area (TPSA) is 26.0 Å². The van der Waals surface area contributed by atoms with Crippen molar-refractivity contribution in [3.63, 3.8) is 0 Å². The van der Waals surface area contributed by atoms with E-state index in [1.54, 1.807) is 19.1 Å². The average Bonchev–Trinajstić information content (AvgIpc) is 2.01. The maximum atomic E-state index is 12.0. The van der Waals surface area contributed by atoms with Gasteiger partial charge in [0.05, 0.1) is 0 Å². The third kappa shape index (κ3) is 3.59. The highest BCUT2D eigenvalue weighted by atomic mass is 32.2. The van der Waals surface area contributed by atoms with Gasteiger partial charge in [-0.05, 0) is 36.4 Å². The number of rotatable bonds is 2. The molecule has 1 aromatic rings. The Kier molecular flexibility index (Phi) is 3.44. The Hall–Kier alpha value is -0.680. The van der Waals surface area contributed by atoms with Gasteiger partial charge in [0.1, 0.15) is 0 Å². The first-order chi connectivity index (χ1) is 6.38. The van der Waals surface area contributed by atoms with Crippen molar-refractivity contribution < 1.29 is 13.2 Å². The second-order valence-corrected chi connectivity index (χ2v) is 4.05. The first kappa shape index (κ1) is 11.4. The fraction of sp³-hybridized carbons (Fsp3) is 0.333. The van der Waals surface area contributed by atoms with E-state index in [0.29, 0.717) is 5.56 Å². The summed E-state index contributed by atoms with van der Waals surface area (Å²) in [7, 11) is 0. The number of alkyl halides is 3. The Labute approximate surface area is 84.5 Å². The molecular formula is C9H10F3NS. The van der Waals surface area contributed by atoms with E-state index in [1.165, 1.54) is 12.1 Å². The number of hydrogen-bond acceptors (Lipinski definition) is 2. The summed E-state index contributed by atoms with van der Waals surface area (Å²) in [5, 5.41) is 0. The quantitative estimate of drug-likeness (QED) is 0.775. The van der Waals surface area contributed by atoms with Crippen LogP contribution in [0.4, 0.5) is 13.2 Å². The van der Waals surface area contributed by atoms with Gasteiger partial charge in [0, 0.05) is 10.9 Å². The summed E-state index contributed by atoms with van der Waals surface area (Å²) < 4.78 is 36.0. The maximum absolute atomic E-state index is 12.0. The second kappa shape index (κ2) is 4.23. The van der Waals surface area contributed by atoms with Crippen LogP contribution in [0.25, 0.3) is 0 Å². The molecule has 0 spiro atoms. The summed E-state index contributed by atoms with van der Waals surface area (Å²) in [5.74, 6) is 0. The van der Waals surface area contributed by atoms with Crippen molar-refractivity contribution in [1.82, 2.24) is 0 Å². The van der Waals surface area contributed by atoms with Crippen molar-refractivity contribution in [2.75, 3.05) is 0 Å². The molecule has 78 valence electrons. The third-order valence-corrected chi connectivity index (χ3v) is 2.34. The summed E-state index contributed by atoms with van der Waals surface area (Å²) in [6, 6.07) is 5.92. The molecule has 0 aliphatic heterocycles. The number of halogens is 3. The summed E-state index contributed by atoms with van der Waals surface area (Å²) in [4.78, 5) is 0.173. The van der Waals surface area contributed by atoms with Gasteiger partial charge in [-0.15, -0.1) is 0 Å². The van der Waals surface area contributed by atoms with Gasteiger partial charge in [0.15, 0.2) is 0 Å². The van der Waals surface area contributed by atoms with Crippen molar-refractivity contribution in [3.8, 4) is 0 Å². The van der Waals surface area contributed by atoms with Crippen LogP contribution in [-0.2, 0) is 0 Å². The Morgan fingerprint density at radius 2 is 2.00 bits per heavy atom. The molecule has 0 aliphatic carbocycles. The molecule has 2 N–H and O–H groups in total. The first-order valence-corrected chi connectivity index (χ1v) is 4.81. The molecule has 0 aromatic heterocycles. The number of thioether (sulfide) groups is 1. The fourth-order valence-electron chi connectivity index (χ4n) is 0.995. The largest absolute Gasteiger partial charge is 0.446 e. The number of hydrogen-bond donors (Lipinski definition) is 1. The first-order valence-electron chi connectivity index (χ1n) is 4.00. The molecule has 0 bridgehead atoms. The molecule has 0 radical (unpaired) electrons. The van der Waals surface area contributed by atoms with Gasteiger partial charge in [-0.2, -0.15) is 13.2 Å². The van der Waals surface area contributed by atoms with Gasteiger partial charge >= 0.3 is 5.51 Å². The monoisotopic (exact) mass is 221 g/mol. The van der Waals surface area contributed by atoms with Crippen molar-refractivity contribution in [1.29, 1.82) is 0 Å². The highest BCUT2D eigenvalue weighted by Gasteiger charge is 2.29. The van der Waals surface area contributed by atoms with E-state index >= 15 is 0 Å². The van der Waals surface area contributed by atoms with Gasteiger partial charge < -0.3 is 5.73 Å². The maximum Gasteiger partial charge on any atom is 0.446 e. The van der Waals surface area contributed by atoms with Crippen LogP contribution in [0, 0.1) is 0 Å². The van der Waals surface area contributed by atoms with E-state index in [4.69, 9.17) is 5.73 Å². The fourth-order valence-corrected chi connectivity index (χ4v) is 1.60. The standard InChI is InChI=1S/C9H10F3NS/c1-6(13)7-3-2-4-8(5-7)14-9(10,11)12/h2-6H,13H2,1H3. The van der Waals surface area contributed by atoms with Gasteiger partial charge in [-0.25, -0.2) is 0 Å². The Morgan fingerprint density at radius 1 is 1.36 bits per heavy atom. The molecule has 0 fully saturated rings. The van der Waals surface area contributed by atoms with Crippen molar-refractivity contribution >= 4 is 11.8 Å². The molecule has 1 rings (SSSR count). The van der Waals surface area contributed by atoms with Gasteiger partial charge in [-0.1, -0.05) is 12.1 Å². The van der Waals surface area contributed by atoms with Crippen molar-refractivity contribution in [2.45, 2.75) is 23.4 Å². The second-order valence-electron chi connectivity index (χ2n) is 2.91. The van der Waals surface area contributed by atoms with E-state index < -0.39 is 5.51 Å². The van der Waals surface area contributed by atoms with Crippen LogP contribution in [0.15, 0.2) is 29.2 Å². The predicted octanol–water partition coefficient (Wildman–Crippen LogP) is 3.32. The third-order valence-electron chi connectivity index (χ3n) is 1.62. The zero-order valence-corrected chi connectivity index (χ0v) is 8.32. The highest BCUT2D eigenvalue weighted by molar-refractivity contribution is 8.00. The number of nitrogens with two attached hydrogens (primary N) is 1. The normalized spacial score (nSPS) is 14.1. The van der Waals surface area contributed by atoms with Crippen molar-refractivity contribution in [3.05, 3.63) is 29.8 Å². The lowest BCUT2D eigenvalue weighted by molar-refractivity contribution is -0.0328. The zero-order chi connectivity index (χ0) is 10.8. The molecule has 0 saturated heterocycles. The lowest BCUT2D eigenvalue weighted by Crippen LogP contribution is -2.05. The minimum absolute atomic E-state index is 0.123. The van der Waals surface area contributed by atoms with E-state index in [2.05, 4.69) is 0 Å². The van der Waals surface area contributed by atoms with E-state index in [9.17, 15) is 13.2 Å². The van der Waals surface area contributed by atoms with Crippen molar-refractivity contribution in [2.24, 2.45) is 5.73 Å². The molecule has 0 heterocycles. The van der Waals surface area contributed by atoms with Crippen LogP contribution < -0.4 is 5.73 Å². The molecule has 1 atom stereocenters. The van der Waals surface area contributed by atoms with Crippen LogP contribution in [0.3, 0.4) is 0 Å². The molecule has 0 amide bonds. The number of benzene rings is 1. The smallest absolute Gasteiger partial charge is 0.324 e. The Balaban J connectivity index is 2.84. The average molecular weight is 221 g/mol. The van der Waals surface area contributed by atoms with Gasteiger partial charge in [-0.3, -0.25) is 0 Å². The molecule has 1 unspecified atom stereocenters. The minimum atomic E-state index is -4.24. The van der Waals surface area contributed by atoms with Gasteiger partial charge in [0.2, 0.25) is 0 Å². The highest BCUT2D eigenvalue weighted by Crippen LogP contribution is 2.37. The van der Waals surface area contributed by atoms with Crippen LogP contribution in [0.2, 0.25) is 0 Å². The zero-order valence-electron chi connectivity index (χ0n) is 7.51. The molecule has 14 heavy (non-hydrogen) atoms. The Morgan fingerprint density at radius 3 is 2.50 bits per heavy atom. The van der Waals surface area contributed by atoms with Crippen LogP contribution in [-0.4, -0.2) is 5.51 Å². The molecule has 0 aliphatic rings. The molecule has 0 saturated carbocycles. The molecule has 5 heteroatoms. The Bertz CT molecular complexity index is 309. The van der Waals surface area contributed by atoms with Crippen LogP contribution in [0.1, 0.15) is 18.5 Å². The van der Waals surface area contributed by atoms with E-state index in [1.807, 2.05) is 0 Å². The summed E-state index contributed by atoms with van der Waals surface area (Å²) in [5.41, 5.74) is 2.02. The molecular weight excluding hydrogens is 211 g/mol. The van der Waals surface area contributed by atoms with Crippen LogP contribution >= 0.6 is 11.8 Å². The molecule has 1 aromatic carbocycles. The lowest BCUT2D eigenvalue weighted by Gasteiger charge is -2.09. The summed E-state index contributed by atoms with van der Waals surface area (Å²) >= 11 is -0.123. The van der Waals surface area contributed by atoms with E-state index in [0.717, 1.165) is 0 Å². The van der Waals surface area contributed by atoms with Gasteiger partial charge in [0.25, 0.3) is 0 Å². The minimum Gasteiger partial charge on any atom is -0.324 e. The predicted molar refractivity (Wildman–Crippen MR) is 51.0 cm³/mol. The SMILES string of the molecule is CC(N)c1cccc(SC(F)(F)F)c1. The lowest BCUT2D eigenvalue weighted by atomic mass is 10.1. The summed E-state index contributed by atoms with van der Waals surface area (Å²) in [6.07, 6.45) is 0. The van der Waals surface area contributed by atoms with Crippen LogP contribution in [0.5, 0.6) is 0 Å².